The molecule has 0 spiro atoms. The van der Waals surface area contributed by atoms with E-state index >= 15 is 0 Å². The van der Waals surface area contributed by atoms with Gasteiger partial charge in [-0.15, -0.1) is 0 Å². The van der Waals surface area contributed by atoms with Crippen molar-refractivity contribution < 1.29 is 12.8 Å². The molecule has 2 rings (SSSR count). The van der Waals surface area contributed by atoms with E-state index in [1.807, 2.05) is 6.92 Å². The quantitative estimate of drug-likeness (QED) is 0.827. The van der Waals surface area contributed by atoms with Crippen LogP contribution < -0.4 is 5.32 Å². The first-order valence-corrected chi connectivity index (χ1v) is 9.13. The number of benzene rings is 1. The molecule has 0 aliphatic heterocycles. The van der Waals surface area contributed by atoms with Crippen molar-refractivity contribution in [3.8, 4) is 0 Å². The molecule has 0 heterocycles. The van der Waals surface area contributed by atoms with Crippen LogP contribution in [0.15, 0.2) is 21.5 Å². The maximum Gasteiger partial charge on any atom is 0.246 e. The van der Waals surface area contributed by atoms with Crippen molar-refractivity contribution >= 4 is 26.0 Å². The van der Waals surface area contributed by atoms with E-state index in [1.54, 1.807) is 13.1 Å². The Morgan fingerprint density at radius 1 is 1.48 bits per heavy atom. The lowest BCUT2D eigenvalue weighted by molar-refractivity contribution is 0.355. The summed E-state index contributed by atoms with van der Waals surface area (Å²) < 4.78 is 41.7. The summed E-state index contributed by atoms with van der Waals surface area (Å²) >= 11 is 3.26. The minimum absolute atomic E-state index is 0.110. The molecule has 1 saturated carbocycles. The molecule has 0 aromatic heterocycles. The average molecular weight is 379 g/mol. The molecular formula is C14H20BrFN2O2S. The minimum atomic E-state index is -3.84. The van der Waals surface area contributed by atoms with Gasteiger partial charge in [0, 0.05) is 29.7 Å². The fourth-order valence-electron chi connectivity index (χ4n) is 2.37. The molecule has 1 atom stereocenters. The van der Waals surface area contributed by atoms with Crippen molar-refractivity contribution in [3.05, 3.63) is 28.0 Å². The van der Waals surface area contributed by atoms with E-state index < -0.39 is 15.8 Å². The molecule has 118 valence electrons. The molecule has 1 N–H and O–H groups in total. The van der Waals surface area contributed by atoms with E-state index in [-0.39, 0.29) is 17.5 Å². The molecule has 1 unspecified atom stereocenters. The summed E-state index contributed by atoms with van der Waals surface area (Å²) in [5, 5.41) is 2.84. The third-order valence-corrected chi connectivity index (χ3v) is 6.38. The Hall–Kier alpha value is -0.500. The summed E-state index contributed by atoms with van der Waals surface area (Å²) in [7, 11) is -0.622. The van der Waals surface area contributed by atoms with E-state index in [4.69, 9.17) is 0 Å². The molecule has 1 aromatic carbocycles. The minimum Gasteiger partial charge on any atom is -0.316 e. The Morgan fingerprint density at radius 3 is 2.62 bits per heavy atom. The first kappa shape index (κ1) is 16.9. The number of hydrogen-bond donors (Lipinski definition) is 1. The van der Waals surface area contributed by atoms with Crippen LogP contribution in [0, 0.1) is 11.7 Å². The van der Waals surface area contributed by atoms with Crippen molar-refractivity contribution in [2.75, 3.05) is 14.1 Å². The lowest BCUT2D eigenvalue weighted by Gasteiger charge is -2.25. The normalized spacial score (nSPS) is 17.2. The lowest BCUT2D eigenvalue weighted by atomic mass is 10.2. The summed E-state index contributed by atoms with van der Waals surface area (Å²) in [6.45, 7) is 2.15. The zero-order chi connectivity index (χ0) is 15.8. The van der Waals surface area contributed by atoms with Crippen LogP contribution in [0.25, 0.3) is 0 Å². The highest BCUT2D eigenvalue weighted by molar-refractivity contribution is 9.10. The fourth-order valence-corrected chi connectivity index (χ4v) is 4.59. The molecule has 21 heavy (non-hydrogen) atoms. The van der Waals surface area contributed by atoms with Gasteiger partial charge in [-0.2, -0.15) is 4.31 Å². The summed E-state index contributed by atoms with van der Waals surface area (Å²) in [6.07, 6.45) is 2.07. The van der Waals surface area contributed by atoms with Gasteiger partial charge in [-0.25, -0.2) is 12.8 Å². The fraction of sp³-hybridized carbons (Fsp3) is 0.571. The SMILES string of the molecule is CNCc1cc(Br)cc(S(=O)(=O)N(C)C(C)C2CC2)c1F. The van der Waals surface area contributed by atoms with Crippen LogP contribution in [0.4, 0.5) is 4.39 Å². The van der Waals surface area contributed by atoms with E-state index in [2.05, 4.69) is 21.2 Å². The maximum atomic E-state index is 14.5. The van der Waals surface area contributed by atoms with Gasteiger partial charge in [0.05, 0.1) is 0 Å². The molecule has 0 bridgehead atoms. The van der Waals surface area contributed by atoms with Crippen molar-refractivity contribution in [1.29, 1.82) is 0 Å². The van der Waals surface area contributed by atoms with Crippen molar-refractivity contribution in [2.45, 2.75) is 37.2 Å². The van der Waals surface area contributed by atoms with Crippen LogP contribution in [0.1, 0.15) is 25.3 Å². The average Bonchev–Trinajstić information content (AvgIpc) is 3.25. The van der Waals surface area contributed by atoms with E-state index in [0.29, 0.717) is 16.0 Å². The van der Waals surface area contributed by atoms with Crippen molar-refractivity contribution in [1.82, 2.24) is 9.62 Å². The first-order chi connectivity index (χ1) is 9.78. The Bertz CT molecular complexity index is 632. The topological polar surface area (TPSA) is 49.4 Å². The predicted molar refractivity (Wildman–Crippen MR) is 84.0 cm³/mol. The van der Waals surface area contributed by atoms with Gasteiger partial charge in [-0.05, 0) is 44.9 Å². The van der Waals surface area contributed by atoms with Crippen molar-refractivity contribution in [2.24, 2.45) is 5.92 Å². The third kappa shape index (κ3) is 3.47. The maximum absolute atomic E-state index is 14.5. The van der Waals surface area contributed by atoms with Crippen LogP contribution in [0.2, 0.25) is 0 Å². The second-order valence-corrected chi connectivity index (χ2v) is 8.39. The van der Waals surface area contributed by atoms with Crippen LogP contribution in [0.3, 0.4) is 0 Å². The highest BCUT2D eigenvalue weighted by atomic mass is 79.9. The molecule has 0 amide bonds. The Morgan fingerprint density at radius 2 is 2.10 bits per heavy atom. The number of nitrogens with one attached hydrogen (secondary N) is 1. The summed E-state index contributed by atoms with van der Waals surface area (Å²) in [4.78, 5) is -0.267. The number of hydrogen-bond acceptors (Lipinski definition) is 3. The van der Waals surface area contributed by atoms with Gasteiger partial charge in [-0.3, -0.25) is 0 Å². The van der Waals surface area contributed by atoms with Gasteiger partial charge in [0.25, 0.3) is 0 Å². The molecule has 1 aliphatic carbocycles. The van der Waals surface area contributed by atoms with Gasteiger partial charge < -0.3 is 5.32 Å². The first-order valence-electron chi connectivity index (χ1n) is 6.89. The van der Waals surface area contributed by atoms with Crippen LogP contribution in [-0.4, -0.2) is 32.9 Å². The molecule has 4 nitrogen and oxygen atoms in total. The smallest absolute Gasteiger partial charge is 0.246 e. The van der Waals surface area contributed by atoms with Gasteiger partial charge >= 0.3 is 0 Å². The van der Waals surface area contributed by atoms with Crippen molar-refractivity contribution in [3.63, 3.8) is 0 Å². The Labute approximate surface area is 133 Å². The van der Waals surface area contributed by atoms with E-state index in [1.165, 1.54) is 17.4 Å². The second kappa shape index (κ2) is 6.32. The molecule has 1 fully saturated rings. The largest absolute Gasteiger partial charge is 0.316 e. The molecular weight excluding hydrogens is 359 g/mol. The van der Waals surface area contributed by atoms with Gasteiger partial charge in [-0.1, -0.05) is 15.9 Å². The molecule has 0 saturated heterocycles. The summed E-state index contributed by atoms with van der Waals surface area (Å²) in [6, 6.07) is 2.82. The lowest BCUT2D eigenvalue weighted by Crippen LogP contribution is -2.37. The van der Waals surface area contributed by atoms with Gasteiger partial charge in [0.1, 0.15) is 10.7 Å². The van der Waals surface area contributed by atoms with Gasteiger partial charge in [0.15, 0.2) is 0 Å². The zero-order valence-electron chi connectivity index (χ0n) is 12.4. The molecule has 7 heteroatoms. The Kier molecular flexibility index (Phi) is 5.07. The van der Waals surface area contributed by atoms with Gasteiger partial charge in [0.2, 0.25) is 10.0 Å². The summed E-state index contributed by atoms with van der Waals surface area (Å²) in [5.74, 6) is -0.292. The predicted octanol–water partition coefficient (Wildman–Crippen LogP) is 2.73. The number of sulfonamides is 1. The highest BCUT2D eigenvalue weighted by Crippen LogP contribution is 2.37. The highest BCUT2D eigenvalue weighted by Gasteiger charge is 2.37. The zero-order valence-corrected chi connectivity index (χ0v) is 14.8. The standard InChI is InChI=1S/C14H20BrFN2O2S/c1-9(10-4-5-10)18(3)21(19,20)13-7-12(15)6-11(8-17-2)14(13)16/h6-7,9-10,17H,4-5,8H2,1-3H3. The summed E-state index contributed by atoms with van der Waals surface area (Å²) in [5.41, 5.74) is 0.331. The van der Waals surface area contributed by atoms with E-state index in [9.17, 15) is 12.8 Å². The van der Waals surface area contributed by atoms with E-state index in [0.717, 1.165) is 12.8 Å². The van der Waals surface area contributed by atoms with Crippen LogP contribution >= 0.6 is 15.9 Å². The van der Waals surface area contributed by atoms with Crippen LogP contribution in [0.5, 0.6) is 0 Å². The molecule has 0 radical (unpaired) electrons. The molecule has 1 aliphatic rings. The monoisotopic (exact) mass is 378 g/mol. The second-order valence-electron chi connectivity index (χ2n) is 5.51. The third-order valence-electron chi connectivity index (χ3n) is 3.98. The Balaban J connectivity index is 2.43. The van der Waals surface area contributed by atoms with Crippen LogP contribution in [-0.2, 0) is 16.6 Å². The molecule has 1 aromatic rings. The number of nitrogens with zero attached hydrogens (tertiary/aromatic N) is 1. The number of rotatable bonds is 6. The number of halogens is 2.